The number of unbranched alkanes of at least 4 members (excludes halogenated alkanes) is 38. The summed E-state index contributed by atoms with van der Waals surface area (Å²) in [7, 11) is 0. The summed E-state index contributed by atoms with van der Waals surface area (Å²) in [6, 6.07) is -0.643. The molecule has 59 heavy (non-hydrogen) atoms. The zero-order chi connectivity index (χ0) is 42.8. The highest BCUT2D eigenvalue weighted by Gasteiger charge is 2.17. The number of rotatable bonds is 49. The van der Waals surface area contributed by atoms with Gasteiger partial charge in [0.1, 0.15) is 0 Å². The third kappa shape index (κ3) is 47.5. The summed E-state index contributed by atoms with van der Waals surface area (Å²) in [5, 5.41) is 23.1. The molecule has 2 unspecified atom stereocenters. The lowest BCUT2D eigenvalue weighted by Gasteiger charge is -2.19. The molecule has 0 aromatic rings. The van der Waals surface area contributed by atoms with Crippen LogP contribution in [-0.2, 0) is 4.79 Å². The Morgan fingerprint density at radius 3 is 0.983 bits per heavy atom. The third-order valence-electron chi connectivity index (χ3n) is 12.4. The fraction of sp³-hybridized carbons (Fsp3) is 0.873. The maximum atomic E-state index is 12.4. The molecule has 0 rings (SSSR count). The van der Waals surface area contributed by atoms with Crippen molar-refractivity contribution in [1.29, 1.82) is 0 Å². The predicted octanol–water partition coefficient (Wildman–Crippen LogP) is 17.3. The van der Waals surface area contributed by atoms with Crippen molar-refractivity contribution in [2.24, 2.45) is 0 Å². The Bertz CT molecular complexity index is 897. The van der Waals surface area contributed by atoms with Crippen molar-refractivity contribution in [3.63, 3.8) is 0 Å². The fourth-order valence-electron chi connectivity index (χ4n) is 8.27. The highest BCUT2D eigenvalue weighted by molar-refractivity contribution is 5.76. The minimum Gasteiger partial charge on any atom is -0.394 e. The van der Waals surface area contributed by atoms with Crippen LogP contribution < -0.4 is 5.32 Å². The second-order valence-corrected chi connectivity index (χ2v) is 18.3. The van der Waals surface area contributed by atoms with Gasteiger partial charge >= 0.3 is 0 Å². The van der Waals surface area contributed by atoms with Gasteiger partial charge in [0.05, 0.1) is 18.8 Å². The van der Waals surface area contributed by atoms with Gasteiger partial charge in [0, 0.05) is 6.42 Å². The quantitative estimate of drug-likeness (QED) is 0.0423. The summed E-state index contributed by atoms with van der Waals surface area (Å²) >= 11 is 0. The zero-order valence-corrected chi connectivity index (χ0v) is 40.0. The predicted molar refractivity (Wildman–Crippen MR) is 262 cm³/mol. The number of aliphatic hydroxyl groups is 2. The van der Waals surface area contributed by atoms with Gasteiger partial charge in [-0.1, -0.05) is 275 Å². The molecule has 3 N–H and O–H groups in total. The fourth-order valence-corrected chi connectivity index (χ4v) is 8.27. The summed E-state index contributed by atoms with van der Waals surface area (Å²) < 4.78 is 0. The van der Waals surface area contributed by atoms with E-state index in [0.717, 1.165) is 38.5 Å². The Labute approximate surface area is 370 Å². The SMILES string of the molecule is CCCCCCCCCCCCCCCCCCCCCC/C=C/CC/C=C/CC/C=C/C(O)C(CO)NC(=O)CCCCCCCCCCCCCCCCCCC. The number of aliphatic hydroxyl groups excluding tert-OH is 2. The molecule has 1 amide bonds. The first kappa shape index (κ1) is 57.6. The number of amides is 1. The van der Waals surface area contributed by atoms with Crippen molar-refractivity contribution in [2.75, 3.05) is 6.61 Å². The van der Waals surface area contributed by atoms with Gasteiger partial charge in [-0.2, -0.15) is 0 Å². The lowest BCUT2D eigenvalue weighted by atomic mass is 10.0. The average molecular weight is 828 g/mol. The van der Waals surface area contributed by atoms with E-state index < -0.39 is 12.1 Å². The lowest BCUT2D eigenvalue weighted by molar-refractivity contribution is -0.123. The van der Waals surface area contributed by atoms with Gasteiger partial charge in [-0.25, -0.2) is 0 Å². The van der Waals surface area contributed by atoms with Crippen LogP contribution in [0.3, 0.4) is 0 Å². The van der Waals surface area contributed by atoms with E-state index in [4.69, 9.17) is 0 Å². The topological polar surface area (TPSA) is 69.6 Å². The Morgan fingerprint density at radius 1 is 0.390 bits per heavy atom. The number of carbonyl (C=O) groups excluding carboxylic acids is 1. The lowest BCUT2D eigenvalue weighted by Crippen LogP contribution is -2.45. The van der Waals surface area contributed by atoms with Gasteiger partial charge in [0.25, 0.3) is 0 Å². The molecule has 0 spiro atoms. The van der Waals surface area contributed by atoms with Gasteiger partial charge in [-0.3, -0.25) is 4.79 Å². The number of allylic oxidation sites excluding steroid dienone is 5. The van der Waals surface area contributed by atoms with Gasteiger partial charge in [-0.05, 0) is 44.9 Å². The van der Waals surface area contributed by atoms with Gasteiger partial charge in [0.15, 0.2) is 0 Å². The van der Waals surface area contributed by atoms with Crippen molar-refractivity contribution in [2.45, 2.75) is 302 Å². The molecule has 4 nitrogen and oxygen atoms in total. The maximum absolute atomic E-state index is 12.4. The molecular weight excluding hydrogens is 723 g/mol. The molecule has 4 heteroatoms. The minimum atomic E-state index is -0.868. The number of hydrogen-bond donors (Lipinski definition) is 3. The smallest absolute Gasteiger partial charge is 0.220 e. The Hall–Kier alpha value is -1.39. The van der Waals surface area contributed by atoms with Crippen LogP contribution in [0.4, 0.5) is 0 Å². The largest absolute Gasteiger partial charge is 0.394 e. The maximum Gasteiger partial charge on any atom is 0.220 e. The van der Waals surface area contributed by atoms with E-state index in [2.05, 4.69) is 43.5 Å². The van der Waals surface area contributed by atoms with E-state index in [-0.39, 0.29) is 12.5 Å². The summed E-state index contributed by atoms with van der Waals surface area (Å²) in [5.41, 5.74) is 0. The number of hydrogen-bond acceptors (Lipinski definition) is 3. The Morgan fingerprint density at radius 2 is 0.661 bits per heavy atom. The van der Waals surface area contributed by atoms with Gasteiger partial charge < -0.3 is 15.5 Å². The zero-order valence-electron chi connectivity index (χ0n) is 40.0. The number of carbonyl (C=O) groups is 1. The highest BCUT2D eigenvalue weighted by Crippen LogP contribution is 2.17. The molecule has 0 aliphatic carbocycles. The van der Waals surface area contributed by atoms with Crippen molar-refractivity contribution in [3.05, 3.63) is 36.5 Å². The molecule has 0 heterocycles. The van der Waals surface area contributed by atoms with Crippen LogP contribution >= 0.6 is 0 Å². The van der Waals surface area contributed by atoms with Crippen LogP contribution in [0.15, 0.2) is 36.5 Å². The van der Waals surface area contributed by atoms with Crippen LogP contribution in [-0.4, -0.2) is 34.9 Å². The molecule has 348 valence electrons. The first-order valence-corrected chi connectivity index (χ1v) is 26.7. The van der Waals surface area contributed by atoms with E-state index in [1.807, 2.05) is 6.08 Å². The van der Waals surface area contributed by atoms with E-state index in [1.54, 1.807) is 6.08 Å². The first-order valence-electron chi connectivity index (χ1n) is 26.7. The van der Waals surface area contributed by atoms with Crippen molar-refractivity contribution in [1.82, 2.24) is 5.32 Å². The van der Waals surface area contributed by atoms with Gasteiger partial charge in [0.2, 0.25) is 5.91 Å². The van der Waals surface area contributed by atoms with E-state index in [9.17, 15) is 15.0 Å². The van der Waals surface area contributed by atoms with E-state index in [0.29, 0.717) is 6.42 Å². The molecule has 0 saturated carbocycles. The van der Waals surface area contributed by atoms with Crippen LogP contribution in [0.5, 0.6) is 0 Å². The minimum absolute atomic E-state index is 0.0739. The molecule has 0 aliphatic rings. The highest BCUT2D eigenvalue weighted by atomic mass is 16.3. The molecule has 0 bridgehead atoms. The van der Waals surface area contributed by atoms with Crippen molar-refractivity contribution < 1.29 is 15.0 Å². The normalized spacial score (nSPS) is 13.1. The van der Waals surface area contributed by atoms with Crippen molar-refractivity contribution in [3.8, 4) is 0 Å². The van der Waals surface area contributed by atoms with Crippen LogP contribution in [0.25, 0.3) is 0 Å². The first-order chi connectivity index (χ1) is 29.2. The summed E-state index contributed by atoms with van der Waals surface area (Å²) in [5.74, 6) is -0.0739. The monoisotopic (exact) mass is 828 g/mol. The average Bonchev–Trinajstić information content (AvgIpc) is 3.24. The molecule has 0 aliphatic heterocycles. The molecular formula is C55H105NO3. The van der Waals surface area contributed by atoms with Crippen molar-refractivity contribution >= 4 is 5.91 Å². The molecule has 0 aromatic heterocycles. The van der Waals surface area contributed by atoms with E-state index in [1.165, 1.54) is 231 Å². The molecule has 0 aromatic carbocycles. The van der Waals surface area contributed by atoms with Gasteiger partial charge in [-0.15, -0.1) is 0 Å². The molecule has 2 atom stereocenters. The second kappa shape index (κ2) is 51.0. The molecule has 0 fully saturated rings. The summed E-state index contributed by atoms with van der Waals surface area (Å²) in [6.07, 6.45) is 68.7. The second-order valence-electron chi connectivity index (χ2n) is 18.3. The van der Waals surface area contributed by atoms with Crippen LogP contribution in [0.2, 0.25) is 0 Å². The number of nitrogens with one attached hydrogen (secondary N) is 1. The standard InChI is InChI=1S/C55H105NO3/c1-3-5-7-9-11-13-15-17-19-21-22-23-24-25-26-27-28-29-30-31-32-33-35-36-38-40-42-44-46-48-50-54(58)53(52-57)56-55(59)51-49-47-45-43-41-39-37-34-20-18-16-14-12-10-8-6-4-2/h33,35,40,42,48,50,53-54,57-58H,3-32,34,36-39,41,43-47,49,51-52H2,1-2H3,(H,56,59)/b35-33+,42-40+,50-48+. The summed E-state index contributed by atoms with van der Waals surface area (Å²) in [4.78, 5) is 12.4. The van der Waals surface area contributed by atoms with E-state index >= 15 is 0 Å². The van der Waals surface area contributed by atoms with Crippen LogP contribution in [0.1, 0.15) is 290 Å². The summed E-state index contributed by atoms with van der Waals surface area (Å²) in [6.45, 7) is 4.32. The Balaban J connectivity index is 3.54. The van der Waals surface area contributed by atoms with Crippen LogP contribution in [0, 0.1) is 0 Å². The molecule has 0 saturated heterocycles. The third-order valence-corrected chi connectivity index (χ3v) is 12.4. The Kier molecular flexibility index (Phi) is 49.8. The molecule has 0 radical (unpaired) electrons.